The van der Waals surface area contributed by atoms with Crippen molar-refractivity contribution in [3.05, 3.63) is 29.8 Å². The third-order valence-corrected chi connectivity index (χ3v) is 2.36. The van der Waals surface area contributed by atoms with Gasteiger partial charge >= 0.3 is 0 Å². The molecule has 0 saturated heterocycles. The normalized spacial score (nSPS) is 12.7. The summed E-state index contributed by atoms with van der Waals surface area (Å²) >= 11 is 0. The highest BCUT2D eigenvalue weighted by Crippen LogP contribution is 2.16. The van der Waals surface area contributed by atoms with Crippen LogP contribution in [0.25, 0.3) is 11.5 Å². The van der Waals surface area contributed by atoms with E-state index in [2.05, 4.69) is 20.4 Å². The van der Waals surface area contributed by atoms with E-state index < -0.39 is 0 Å². The molecule has 0 radical (unpaired) electrons. The van der Waals surface area contributed by atoms with Gasteiger partial charge in [-0.15, -0.1) is 0 Å². The molecule has 2 aromatic rings. The summed E-state index contributed by atoms with van der Waals surface area (Å²) in [5.74, 6) is 1.10. The molecule has 0 aliphatic heterocycles. The summed E-state index contributed by atoms with van der Waals surface area (Å²) in [4.78, 5) is 8.63. The summed E-state index contributed by atoms with van der Waals surface area (Å²) in [6.07, 6.45) is 0. The number of nitrogens with zero attached hydrogens (tertiary/aromatic N) is 3. The third-order valence-electron chi connectivity index (χ3n) is 2.36. The van der Waals surface area contributed by atoms with Crippen molar-refractivity contribution in [2.75, 3.05) is 7.05 Å². The van der Waals surface area contributed by atoms with Crippen molar-refractivity contribution in [3.8, 4) is 11.5 Å². The van der Waals surface area contributed by atoms with E-state index in [1.54, 1.807) is 0 Å². The Morgan fingerprint density at radius 2 is 2.12 bits per heavy atom. The second-order valence-electron chi connectivity index (χ2n) is 3.63. The SMILES string of the molecule is CNC(C)c1nc(-c2cccc(C)n2)no1. The maximum atomic E-state index is 5.15. The minimum absolute atomic E-state index is 0.0473. The van der Waals surface area contributed by atoms with Gasteiger partial charge in [-0.3, -0.25) is 0 Å². The minimum atomic E-state index is 0.0473. The largest absolute Gasteiger partial charge is 0.337 e. The molecule has 2 heterocycles. The van der Waals surface area contributed by atoms with Gasteiger partial charge in [0, 0.05) is 5.69 Å². The van der Waals surface area contributed by atoms with Crippen LogP contribution < -0.4 is 5.32 Å². The molecule has 2 rings (SSSR count). The molecule has 1 N–H and O–H groups in total. The second-order valence-corrected chi connectivity index (χ2v) is 3.63. The van der Waals surface area contributed by atoms with Crippen molar-refractivity contribution in [1.29, 1.82) is 0 Å². The second kappa shape index (κ2) is 4.40. The number of rotatable bonds is 3. The zero-order valence-electron chi connectivity index (χ0n) is 9.56. The Kier molecular flexibility index (Phi) is 2.96. The standard InChI is InChI=1S/C11H14N4O/c1-7-5-4-6-9(13-7)10-14-11(16-15-10)8(2)12-3/h4-6,8,12H,1-3H3. The van der Waals surface area contributed by atoms with Crippen LogP contribution in [0.2, 0.25) is 0 Å². The Balaban J connectivity index is 2.31. The molecule has 0 saturated carbocycles. The molecular formula is C11H14N4O. The number of pyridine rings is 1. The van der Waals surface area contributed by atoms with Gasteiger partial charge in [0.2, 0.25) is 11.7 Å². The highest BCUT2D eigenvalue weighted by atomic mass is 16.5. The van der Waals surface area contributed by atoms with E-state index in [0.717, 1.165) is 11.4 Å². The summed E-state index contributed by atoms with van der Waals surface area (Å²) in [6, 6.07) is 5.77. The fraction of sp³-hybridized carbons (Fsp3) is 0.364. The van der Waals surface area contributed by atoms with Gasteiger partial charge in [-0.2, -0.15) is 4.98 Å². The lowest BCUT2D eigenvalue weighted by molar-refractivity contribution is 0.347. The predicted molar refractivity (Wildman–Crippen MR) is 59.7 cm³/mol. The van der Waals surface area contributed by atoms with Crippen LogP contribution in [0.1, 0.15) is 24.6 Å². The van der Waals surface area contributed by atoms with E-state index in [0.29, 0.717) is 11.7 Å². The summed E-state index contributed by atoms with van der Waals surface area (Å²) in [7, 11) is 1.85. The van der Waals surface area contributed by atoms with Gasteiger partial charge in [-0.05, 0) is 33.0 Å². The average Bonchev–Trinajstić information content (AvgIpc) is 2.77. The molecule has 84 valence electrons. The Labute approximate surface area is 93.9 Å². The van der Waals surface area contributed by atoms with Crippen LogP contribution in [0.4, 0.5) is 0 Å². The first-order chi connectivity index (χ1) is 7.70. The van der Waals surface area contributed by atoms with Crippen LogP contribution in [0.15, 0.2) is 22.7 Å². The van der Waals surface area contributed by atoms with Gasteiger partial charge in [0.05, 0.1) is 6.04 Å². The van der Waals surface area contributed by atoms with Crippen molar-refractivity contribution in [2.45, 2.75) is 19.9 Å². The molecule has 0 aliphatic carbocycles. The summed E-state index contributed by atoms with van der Waals surface area (Å²) in [5.41, 5.74) is 1.67. The molecule has 0 bridgehead atoms. The van der Waals surface area contributed by atoms with E-state index in [9.17, 15) is 0 Å². The molecule has 0 aliphatic rings. The van der Waals surface area contributed by atoms with Crippen LogP contribution in [-0.4, -0.2) is 22.2 Å². The van der Waals surface area contributed by atoms with Crippen molar-refractivity contribution in [3.63, 3.8) is 0 Å². The van der Waals surface area contributed by atoms with Crippen LogP contribution >= 0.6 is 0 Å². The summed E-state index contributed by atoms with van der Waals surface area (Å²) in [6.45, 7) is 3.89. The number of aromatic nitrogens is 3. The highest BCUT2D eigenvalue weighted by Gasteiger charge is 2.13. The molecular weight excluding hydrogens is 204 g/mol. The highest BCUT2D eigenvalue weighted by molar-refractivity contribution is 5.48. The van der Waals surface area contributed by atoms with E-state index in [-0.39, 0.29) is 6.04 Å². The van der Waals surface area contributed by atoms with Gasteiger partial charge in [-0.25, -0.2) is 4.98 Å². The van der Waals surface area contributed by atoms with E-state index in [1.165, 1.54) is 0 Å². The zero-order valence-corrected chi connectivity index (χ0v) is 9.56. The smallest absolute Gasteiger partial charge is 0.243 e. The van der Waals surface area contributed by atoms with E-state index >= 15 is 0 Å². The molecule has 1 unspecified atom stereocenters. The van der Waals surface area contributed by atoms with Crippen LogP contribution in [-0.2, 0) is 0 Å². The Bertz CT molecular complexity index is 480. The van der Waals surface area contributed by atoms with Gasteiger partial charge in [0.15, 0.2) is 0 Å². The molecule has 0 fully saturated rings. The molecule has 1 atom stereocenters. The molecule has 5 heteroatoms. The molecule has 16 heavy (non-hydrogen) atoms. The first-order valence-corrected chi connectivity index (χ1v) is 5.15. The maximum absolute atomic E-state index is 5.15. The lowest BCUT2D eigenvalue weighted by Gasteiger charge is -2.01. The lowest BCUT2D eigenvalue weighted by Crippen LogP contribution is -2.12. The zero-order chi connectivity index (χ0) is 11.5. The quantitative estimate of drug-likeness (QED) is 0.849. The van der Waals surface area contributed by atoms with Crippen molar-refractivity contribution in [1.82, 2.24) is 20.4 Å². The topological polar surface area (TPSA) is 63.8 Å². The fourth-order valence-electron chi connectivity index (χ4n) is 1.31. The summed E-state index contributed by atoms with van der Waals surface area (Å²) in [5, 5.41) is 6.95. The van der Waals surface area contributed by atoms with Gasteiger partial charge in [-0.1, -0.05) is 11.2 Å². The van der Waals surface area contributed by atoms with Gasteiger partial charge < -0.3 is 9.84 Å². The van der Waals surface area contributed by atoms with E-state index in [4.69, 9.17) is 4.52 Å². The van der Waals surface area contributed by atoms with Gasteiger partial charge in [0.1, 0.15) is 5.69 Å². The van der Waals surface area contributed by atoms with Crippen LogP contribution in [0, 0.1) is 6.92 Å². The number of hydrogen-bond acceptors (Lipinski definition) is 5. The maximum Gasteiger partial charge on any atom is 0.243 e. The number of aryl methyl sites for hydroxylation is 1. The molecule has 0 spiro atoms. The Morgan fingerprint density at radius 1 is 1.31 bits per heavy atom. The fourth-order valence-corrected chi connectivity index (χ4v) is 1.31. The van der Waals surface area contributed by atoms with Crippen molar-refractivity contribution in [2.24, 2.45) is 0 Å². The molecule has 0 aromatic carbocycles. The molecule has 2 aromatic heterocycles. The molecule has 5 nitrogen and oxygen atoms in total. The van der Waals surface area contributed by atoms with Crippen molar-refractivity contribution < 1.29 is 4.52 Å². The Morgan fingerprint density at radius 3 is 2.81 bits per heavy atom. The molecule has 0 amide bonds. The monoisotopic (exact) mass is 218 g/mol. The van der Waals surface area contributed by atoms with Crippen LogP contribution in [0.5, 0.6) is 0 Å². The first kappa shape index (κ1) is 10.8. The first-order valence-electron chi connectivity index (χ1n) is 5.15. The predicted octanol–water partition coefficient (Wildman–Crippen LogP) is 1.72. The van der Waals surface area contributed by atoms with Gasteiger partial charge in [0.25, 0.3) is 0 Å². The minimum Gasteiger partial charge on any atom is -0.337 e. The Hall–Kier alpha value is -1.75. The lowest BCUT2D eigenvalue weighted by atomic mass is 10.3. The summed E-state index contributed by atoms with van der Waals surface area (Å²) < 4.78 is 5.15. The van der Waals surface area contributed by atoms with E-state index in [1.807, 2.05) is 39.1 Å². The third kappa shape index (κ3) is 2.09. The van der Waals surface area contributed by atoms with Crippen LogP contribution in [0.3, 0.4) is 0 Å². The number of hydrogen-bond donors (Lipinski definition) is 1. The van der Waals surface area contributed by atoms with Crippen molar-refractivity contribution >= 4 is 0 Å². The average molecular weight is 218 g/mol. The number of nitrogens with one attached hydrogen (secondary N) is 1.